The Balaban J connectivity index is 1.48. The normalized spacial score (nSPS) is 19.8. The number of esters is 1. The number of nitrogens with zero attached hydrogens (tertiary/aromatic N) is 2. The van der Waals surface area contributed by atoms with Crippen LogP contribution in [0.3, 0.4) is 0 Å². The third-order valence-corrected chi connectivity index (χ3v) is 5.54. The van der Waals surface area contributed by atoms with Crippen LogP contribution in [0, 0.1) is 11.3 Å². The highest BCUT2D eigenvalue weighted by molar-refractivity contribution is 6.15. The van der Waals surface area contributed by atoms with Crippen molar-refractivity contribution in [1.29, 1.82) is 0 Å². The van der Waals surface area contributed by atoms with Crippen LogP contribution in [-0.2, 0) is 19.1 Å². The fraction of sp³-hybridized carbons (Fsp3) is 0.571. The molecule has 28 heavy (non-hydrogen) atoms. The standard InChI is InChI=1S/C21H26N2O5/c1-14(2)13-27-20(26)28-19(25)21(9-10-21)18(24)23-12-11-22(15-7-8-15)16-5-3-4-6-17(16)23/h3-6,14-15H,7-13H2,1-2H3. The van der Waals surface area contributed by atoms with Crippen LogP contribution in [-0.4, -0.2) is 43.8 Å². The first-order chi connectivity index (χ1) is 13.4. The molecule has 2 fully saturated rings. The number of carbonyl (C=O) groups is 3. The summed E-state index contributed by atoms with van der Waals surface area (Å²) in [5.74, 6) is -0.941. The Labute approximate surface area is 164 Å². The zero-order valence-electron chi connectivity index (χ0n) is 16.3. The van der Waals surface area contributed by atoms with Crippen molar-refractivity contribution < 1.29 is 23.9 Å². The summed E-state index contributed by atoms with van der Waals surface area (Å²) >= 11 is 0. The number of hydrogen-bond acceptors (Lipinski definition) is 6. The van der Waals surface area contributed by atoms with E-state index >= 15 is 0 Å². The lowest BCUT2D eigenvalue weighted by atomic mass is 10.0. The second-order valence-corrected chi connectivity index (χ2v) is 8.30. The molecule has 0 N–H and O–H groups in total. The van der Waals surface area contributed by atoms with E-state index in [9.17, 15) is 14.4 Å². The van der Waals surface area contributed by atoms with E-state index in [1.54, 1.807) is 4.90 Å². The maximum Gasteiger partial charge on any atom is 0.516 e. The molecule has 1 aromatic rings. The highest BCUT2D eigenvalue weighted by Crippen LogP contribution is 2.50. The molecular weight excluding hydrogens is 360 g/mol. The van der Waals surface area contributed by atoms with E-state index in [0.29, 0.717) is 25.4 Å². The van der Waals surface area contributed by atoms with E-state index in [-0.39, 0.29) is 18.4 Å². The van der Waals surface area contributed by atoms with Crippen molar-refractivity contribution in [3.05, 3.63) is 24.3 Å². The van der Waals surface area contributed by atoms with E-state index in [0.717, 1.165) is 17.9 Å². The van der Waals surface area contributed by atoms with Crippen molar-refractivity contribution in [2.45, 2.75) is 45.6 Å². The third-order valence-electron chi connectivity index (χ3n) is 5.54. The summed E-state index contributed by atoms with van der Waals surface area (Å²) in [7, 11) is 0. The average molecular weight is 386 g/mol. The summed E-state index contributed by atoms with van der Waals surface area (Å²) in [5.41, 5.74) is 0.600. The summed E-state index contributed by atoms with van der Waals surface area (Å²) in [4.78, 5) is 41.6. The Morgan fingerprint density at radius 1 is 1.11 bits per heavy atom. The number of fused-ring (bicyclic) bond motifs is 1. The number of carbonyl (C=O) groups excluding carboxylic acids is 3. The topological polar surface area (TPSA) is 76.1 Å². The molecule has 0 bridgehead atoms. The first-order valence-corrected chi connectivity index (χ1v) is 9.99. The average Bonchev–Trinajstić information content (AvgIpc) is 3.58. The van der Waals surface area contributed by atoms with Gasteiger partial charge in [-0.05, 0) is 43.7 Å². The fourth-order valence-corrected chi connectivity index (χ4v) is 3.69. The molecule has 7 heteroatoms. The van der Waals surface area contributed by atoms with Crippen LogP contribution in [0.25, 0.3) is 0 Å². The van der Waals surface area contributed by atoms with Gasteiger partial charge < -0.3 is 19.3 Å². The molecule has 0 unspecified atom stereocenters. The third kappa shape index (κ3) is 3.45. The highest BCUT2D eigenvalue weighted by atomic mass is 16.7. The van der Waals surface area contributed by atoms with E-state index in [2.05, 4.69) is 4.90 Å². The monoisotopic (exact) mass is 386 g/mol. The molecule has 1 aromatic carbocycles. The van der Waals surface area contributed by atoms with Crippen molar-refractivity contribution in [1.82, 2.24) is 0 Å². The molecule has 150 valence electrons. The van der Waals surface area contributed by atoms with Crippen LogP contribution < -0.4 is 9.80 Å². The second-order valence-electron chi connectivity index (χ2n) is 8.30. The molecule has 0 atom stereocenters. The molecule has 4 rings (SSSR count). The summed E-state index contributed by atoms with van der Waals surface area (Å²) in [5, 5.41) is 0. The number of hydrogen-bond donors (Lipinski definition) is 0. The summed E-state index contributed by atoms with van der Waals surface area (Å²) in [6.45, 7) is 5.22. The van der Waals surface area contributed by atoms with Gasteiger partial charge in [-0.15, -0.1) is 0 Å². The molecule has 7 nitrogen and oxygen atoms in total. The largest absolute Gasteiger partial charge is 0.516 e. The first kappa shape index (κ1) is 18.8. The summed E-state index contributed by atoms with van der Waals surface area (Å²) in [6, 6.07) is 8.35. The number of amides is 1. The van der Waals surface area contributed by atoms with Gasteiger partial charge in [0, 0.05) is 19.1 Å². The molecule has 2 saturated carbocycles. The first-order valence-electron chi connectivity index (χ1n) is 9.99. The zero-order valence-corrected chi connectivity index (χ0v) is 16.3. The molecule has 0 saturated heterocycles. The predicted octanol–water partition coefficient (Wildman–Crippen LogP) is 3.12. The smallest absolute Gasteiger partial charge is 0.434 e. The zero-order chi connectivity index (χ0) is 19.9. The molecule has 1 amide bonds. The number of ether oxygens (including phenoxy) is 2. The van der Waals surface area contributed by atoms with Crippen LogP contribution in [0.15, 0.2) is 24.3 Å². The highest BCUT2D eigenvalue weighted by Gasteiger charge is 2.61. The van der Waals surface area contributed by atoms with Gasteiger partial charge in [-0.1, -0.05) is 26.0 Å². The van der Waals surface area contributed by atoms with Gasteiger partial charge in [0.05, 0.1) is 18.0 Å². The van der Waals surface area contributed by atoms with E-state index < -0.39 is 17.5 Å². The number of rotatable bonds is 5. The molecule has 1 aliphatic heterocycles. The minimum atomic E-state index is -1.26. The quantitative estimate of drug-likeness (QED) is 0.572. The molecule has 1 heterocycles. The molecule has 2 aliphatic carbocycles. The van der Waals surface area contributed by atoms with Crippen LogP contribution >= 0.6 is 0 Å². The Morgan fingerprint density at radius 3 is 2.39 bits per heavy atom. The number of anilines is 2. The maximum absolute atomic E-state index is 13.3. The van der Waals surface area contributed by atoms with Crippen LogP contribution in [0.5, 0.6) is 0 Å². The molecule has 0 aromatic heterocycles. The predicted molar refractivity (Wildman–Crippen MR) is 103 cm³/mol. The van der Waals surface area contributed by atoms with Crippen LogP contribution in [0.2, 0.25) is 0 Å². The minimum Gasteiger partial charge on any atom is -0.434 e. The van der Waals surface area contributed by atoms with Gasteiger partial charge in [0.2, 0.25) is 5.91 Å². The van der Waals surface area contributed by atoms with Crippen molar-refractivity contribution in [2.24, 2.45) is 11.3 Å². The van der Waals surface area contributed by atoms with Gasteiger partial charge in [0.25, 0.3) is 0 Å². The van der Waals surface area contributed by atoms with Crippen molar-refractivity contribution in [3.63, 3.8) is 0 Å². The van der Waals surface area contributed by atoms with Gasteiger partial charge >= 0.3 is 12.1 Å². The van der Waals surface area contributed by atoms with Crippen molar-refractivity contribution >= 4 is 29.4 Å². The fourth-order valence-electron chi connectivity index (χ4n) is 3.69. The van der Waals surface area contributed by atoms with E-state index in [4.69, 9.17) is 9.47 Å². The van der Waals surface area contributed by atoms with Crippen LogP contribution in [0.1, 0.15) is 39.5 Å². The van der Waals surface area contributed by atoms with Gasteiger partial charge in [-0.3, -0.25) is 9.59 Å². The van der Waals surface area contributed by atoms with Crippen LogP contribution in [0.4, 0.5) is 16.2 Å². The molecular formula is C21H26N2O5. The maximum atomic E-state index is 13.3. The van der Waals surface area contributed by atoms with Gasteiger partial charge in [-0.2, -0.15) is 0 Å². The van der Waals surface area contributed by atoms with Gasteiger partial charge in [-0.25, -0.2) is 4.79 Å². The van der Waals surface area contributed by atoms with Gasteiger partial charge in [0.1, 0.15) is 5.41 Å². The van der Waals surface area contributed by atoms with Crippen molar-refractivity contribution in [2.75, 3.05) is 29.5 Å². The van der Waals surface area contributed by atoms with Crippen molar-refractivity contribution in [3.8, 4) is 0 Å². The van der Waals surface area contributed by atoms with Gasteiger partial charge in [0.15, 0.2) is 0 Å². The molecule has 0 radical (unpaired) electrons. The van der Waals surface area contributed by atoms with E-state index in [1.807, 2.05) is 38.1 Å². The SMILES string of the molecule is CC(C)COC(=O)OC(=O)C1(C(=O)N2CCN(C3CC3)c3ccccc32)CC1. The lowest BCUT2D eigenvalue weighted by molar-refractivity contribution is -0.150. The molecule has 3 aliphatic rings. The number of para-hydroxylation sites is 2. The minimum absolute atomic E-state index is 0.137. The summed E-state index contributed by atoms with van der Waals surface area (Å²) in [6.07, 6.45) is 2.12. The Bertz CT molecular complexity index is 798. The second kappa shape index (κ2) is 7.11. The lowest BCUT2D eigenvalue weighted by Gasteiger charge is -2.39. The Kier molecular flexibility index (Phi) is 4.77. The Hall–Kier alpha value is -2.57. The summed E-state index contributed by atoms with van der Waals surface area (Å²) < 4.78 is 9.75. The van der Waals surface area contributed by atoms with E-state index in [1.165, 1.54) is 12.8 Å². The lowest BCUT2D eigenvalue weighted by Crippen LogP contribution is -2.49. The number of benzene rings is 1. The molecule has 0 spiro atoms. The Morgan fingerprint density at radius 2 is 1.79 bits per heavy atom.